The van der Waals surface area contributed by atoms with Crippen LogP contribution < -0.4 is 15.4 Å². The molecule has 0 radical (unpaired) electrons. The summed E-state index contributed by atoms with van der Waals surface area (Å²) in [5, 5.41) is 16.2. The molecule has 0 aromatic heterocycles. The Hall–Kier alpha value is -1.59. The molecule has 1 aromatic carbocycles. The van der Waals surface area contributed by atoms with Crippen LogP contribution in [0.2, 0.25) is 0 Å². The zero-order chi connectivity index (χ0) is 15.3. The molecule has 1 aliphatic rings. The van der Waals surface area contributed by atoms with Crippen LogP contribution in [-0.2, 0) is 4.79 Å². The molecule has 0 bridgehead atoms. The van der Waals surface area contributed by atoms with E-state index < -0.39 is 11.6 Å². The molecular weight excluding hydrogens is 268 g/mol. The number of aliphatic hydroxyl groups is 1. The van der Waals surface area contributed by atoms with Gasteiger partial charge in [-0.25, -0.2) is 0 Å². The van der Waals surface area contributed by atoms with Crippen molar-refractivity contribution in [3.8, 4) is 5.75 Å². The number of carbonyl (C=O) groups excluding carboxylic acids is 1. The molecule has 1 saturated heterocycles. The maximum atomic E-state index is 12.3. The predicted octanol–water partition coefficient (Wildman–Crippen LogP) is 1.38. The maximum Gasteiger partial charge on any atom is 0.240 e. The number of aliphatic hydroxyl groups excluding tert-OH is 1. The van der Waals surface area contributed by atoms with E-state index in [0.29, 0.717) is 0 Å². The van der Waals surface area contributed by atoms with Gasteiger partial charge < -0.3 is 20.5 Å². The lowest BCUT2D eigenvalue weighted by Crippen LogP contribution is -2.57. The molecule has 5 heteroatoms. The largest absolute Gasteiger partial charge is 0.497 e. The summed E-state index contributed by atoms with van der Waals surface area (Å²) in [6.07, 6.45) is 2.28. The minimum Gasteiger partial charge on any atom is -0.497 e. The Morgan fingerprint density at radius 3 is 2.71 bits per heavy atom. The van der Waals surface area contributed by atoms with Gasteiger partial charge in [0.2, 0.25) is 5.91 Å². The van der Waals surface area contributed by atoms with E-state index in [2.05, 4.69) is 10.6 Å². The number of piperidine rings is 1. The fourth-order valence-electron chi connectivity index (χ4n) is 2.58. The number of amides is 1. The molecule has 0 spiro atoms. The molecule has 3 N–H and O–H groups in total. The van der Waals surface area contributed by atoms with Crippen LogP contribution in [0.15, 0.2) is 24.3 Å². The Morgan fingerprint density at radius 1 is 1.43 bits per heavy atom. The van der Waals surface area contributed by atoms with Crippen molar-refractivity contribution in [2.45, 2.75) is 37.8 Å². The third-order valence-electron chi connectivity index (χ3n) is 4.08. The average Bonchev–Trinajstić information content (AvgIpc) is 2.53. The van der Waals surface area contributed by atoms with Crippen LogP contribution in [0.5, 0.6) is 5.75 Å². The molecule has 1 aliphatic heterocycles. The van der Waals surface area contributed by atoms with Gasteiger partial charge >= 0.3 is 0 Å². The molecule has 0 saturated carbocycles. The molecule has 1 fully saturated rings. The van der Waals surface area contributed by atoms with Crippen LogP contribution in [0.3, 0.4) is 0 Å². The van der Waals surface area contributed by atoms with Gasteiger partial charge in [-0.15, -0.1) is 0 Å². The second kappa shape index (κ2) is 6.91. The van der Waals surface area contributed by atoms with Gasteiger partial charge in [-0.2, -0.15) is 0 Å². The topological polar surface area (TPSA) is 70.6 Å². The van der Waals surface area contributed by atoms with Crippen molar-refractivity contribution in [2.24, 2.45) is 0 Å². The van der Waals surface area contributed by atoms with Crippen LogP contribution in [0, 0.1) is 0 Å². The van der Waals surface area contributed by atoms with Gasteiger partial charge in [-0.1, -0.05) is 12.1 Å². The summed E-state index contributed by atoms with van der Waals surface area (Å²) in [7, 11) is 1.60. The van der Waals surface area contributed by atoms with E-state index in [1.165, 1.54) is 0 Å². The Balaban J connectivity index is 1.87. The van der Waals surface area contributed by atoms with E-state index in [9.17, 15) is 9.90 Å². The van der Waals surface area contributed by atoms with E-state index in [0.717, 1.165) is 37.1 Å². The van der Waals surface area contributed by atoms with E-state index in [4.69, 9.17) is 4.74 Å². The second-order valence-corrected chi connectivity index (χ2v) is 5.71. The highest BCUT2D eigenvalue weighted by Gasteiger charge is 2.34. The number of nitrogens with one attached hydrogen (secondary N) is 2. The second-order valence-electron chi connectivity index (χ2n) is 5.71. The normalized spacial score (nSPS) is 23.4. The van der Waals surface area contributed by atoms with Crippen molar-refractivity contribution >= 4 is 5.91 Å². The van der Waals surface area contributed by atoms with E-state index in [-0.39, 0.29) is 12.5 Å². The van der Waals surface area contributed by atoms with Gasteiger partial charge in [0.05, 0.1) is 18.8 Å². The summed E-state index contributed by atoms with van der Waals surface area (Å²) in [4.78, 5) is 12.3. The predicted molar refractivity (Wildman–Crippen MR) is 81.2 cm³/mol. The number of benzene rings is 1. The zero-order valence-electron chi connectivity index (χ0n) is 12.7. The summed E-state index contributed by atoms with van der Waals surface area (Å²) >= 11 is 0. The minimum absolute atomic E-state index is 0.0465. The average molecular weight is 292 g/mol. The highest BCUT2D eigenvalue weighted by atomic mass is 16.5. The number of hydrogen-bond donors (Lipinski definition) is 3. The van der Waals surface area contributed by atoms with Gasteiger partial charge in [-0.3, -0.25) is 4.79 Å². The summed E-state index contributed by atoms with van der Waals surface area (Å²) in [6, 6.07) is 7.20. The van der Waals surface area contributed by atoms with E-state index in [1.807, 2.05) is 6.92 Å². The monoisotopic (exact) mass is 292 g/mol. The summed E-state index contributed by atoms with van der Waals surface area (Å²) in [5.74, 6) is 0.698. The molecule has 1 aromatic rings. The molecule has 1 amide bonds. The van der Waals surface area contributed by atoms with Gasteiger partial charge in [0, 0.05) is 6.54 Å². The van der Waals surface area contributed by atoms with Gasteiger partial charge in [0.1, 0.15) is 5.75 Å². The van der Waals surface area contributed by atoms with Gasteiger partial charge in [-0.05, 0) is 50.4 Å². The first kappa shape index (κ1) is 15.8. The van der Waals surface area contributed by atoms with Crippen molar-refractivity contribution in [2.75, 3.05) is 20.2 Å². The maximum absolute atomic E-state index is 12.3. The molecule has 2 rings (SSSR count). The van der Waals surface area contributed by atoms with Crippen LogP contribution in [0.1, 0.15) is 37.9 Å². The summed E-state index contributed by atoms with van der Waals surface area (Å²) in [5.41, 5.74) is 0.246. The van der Waals surface area contributed by atoms with Crippen LogP contribution in [0.4, 0.5) is 0 Å². The quantitative estimate of drug-likeness (QED) is 0.767. The first-order chi connectivity index (χ1) is 10.0. The number of carbonyl (C=O) groups is 1. The molecule has 2 atom stereocenters. The number of rotatable bonds is 5. The molecule has 0 aliphatic carbocycles. The van der Waals surface area contributed by atoms with Crippen molar-refractivity contribution in [1.82, 2.24) is 10.6 Å². The van der Waals surface area contributed by atoms with Crippen molar-refractivity contribution in [3.63, 3.8) is 0 Å². The smallest absolute Gasteiger partial charge is 0.240 e. The lowest BCUT2D eigenvalue weighted by atomic mass is 9.90. The Bertz CT molecular complexity index is 467. The molecule has 21 heavy (non-hydrogen) atoms. The lowest BCUT2D eigenvalue weighted by Gasteiger charge is -2.33. The van der Waals surface area contributed by atoms with E-state index >= 15 is 0 Å². The molecule has 5 nitrogen and oxygen atoms in total. The van der Waals surface area contributed by atoms with Crippen molar-refractivity contribution < 1.29 is 14.6 Å². The van der Waals surface area contributed by atoms with Crippen molar-refractivity contribution in [1.29, 1.82) is 0 Å². The molecular formula is C16H24N2O3. The molecule has 1 heterocycles. The third-order valence-corrected chi connectivity index (χ3v) is 4.08. The highest BCUT2D eigenvalue weighted by molar-refractivity contribution is 5.86. The Kier molecular flexibility index (Phi) is 5.20. The summed E-state index contributed by atoms with van der Waals surface area (Å²) in [6.45, 7) is 2.99. The minimum atomic E-state index is -0.716. The van der Waals surface area contributed by atoms with E-state index in [1.54, 1.807) is 31.4 Å². The lowest BCUT2D eigenvalue weighted by molar-refractivity contribution is -0.128. The number of ether oxygens (including phenoxy) is 1. The highest BCUT2D eigenvalue weighted by Crippen LogP contribution is 2.20. The van der Waals surface area contributed by atoms with Crippen LogP contribution >= 0.6 is 0 Å². The SMILES string of the molecule is COc1ccc(C(O)CNC(=O)C2(C)CCCCN2)cc1. The van der Waals surface area contributed by atoms with Gasteiger partial charge in [0.15, 0.2) is 0 Å². The third kappa shape index (κ3) is 3.95. The van der Waals surface area contributed by atoms with Crippen molar-refractivity contribution in [3.05, 3.63) is 29.8 Å². The first-order valence-electron chi connectivity index (χ1n) is 7.40. The fraction of sp³-hybridized carbons (Fsp3) is 0.562. The summed E-state index contributed by atoms with van der Waals surface area (Å²) < 4.78 is 5.08. The Labute approximate surface area is 125 Å². The molecule has 2 unspecified atom stereocenters. The van der Waals surface area contributed by atoms with Crippen LogP contribution in [0.25, 0.3) is 0 Å². The number of methoxy groups -OCH3 is 1. The van der Waals surface area contributed by atoms with Gasteiger partial charge in [0.25, 0.3) is 0 Å². The standard InChI is InChI=1S/C16H24N2O3/c1-16(9-3-4-10-18-16)15(20)17-11-14(19)12-5-7-13(21-2)8-6-12/h5-8,14,18-19H,3-4,9-11H2,1-2H3,(H,17,20). The molecule has 116 valence electrons. The Morgan fingerprint density at radius 2 is 2.14 bits per heavy atom. The van der Waals surface area contributed by atoms with Crippen LogP contribution in [-0.4, -0.2) is 36.8 Å². The first-order valence-corrected chi connectivity index (χ1v) is 7.40. The number of hydrogen-bond acceptors (Lipinski definition) is 4. The zero-order valence-corrected chi connectivity index (χ0v) is 12.7. The fourth-order valence-corrected chi connectivity index (χ4v) is 2.58.